The van der Waals surface area contributed by atoms with Crippen LogP contribution in [0.2, 0.25) is 0 Å². The highest BCUT2D eigenvalue weighted by Gasteiger charge is 2.22. The molecule has 0 aromatic heterocycles. The maximum absolute atomic E-state index is 12.6. The number of carbonyl (C=O) groups is 1. The van der Waals surface area contributed by atoms with Crippen molar-refractivity contribution in [2.24, 2.45) is 5.92 Å². The lowest BCUT2D eigenvalue weighted by atomic mass is 9.96. The van der Waals surface area contributed by atoms with E-state index >= 15 is 0 Å². The van der Waals surface area contributed by atoms with Crippen molar-refractivity contribution in [3.63, 3.8) is 0 Å². The number of hydrogen-bond acceptors (Lipinski definition) is 2. The summed E-state index contributed by atoms with van der Waals surface area (Å²) in [4.78, 5) is 14.7. The van der Waals surface area contributed by atoms with Gasteiger partial charge in [0, 0.05) is 13.1 Å². The molecule has 1 heterocycles. The fraction of sp³-hybridized carbons (Fsp3) is 0.450. The number of amides is 1. The SMILES string of the molecule is CCNCC1CCN(C(=O)Cc2cccc3ccccc23)CC1. The van der Waals surface area contributed by atoms with Gasteiger partial charge in [-0.2, -0.15) is 0 Å². The van der Waals surface area contributed by atoms with Crippen LogP contribution >= 0.6 is 0 Å². The summed E-state index contributed by atoms with van der Waals surface area (Å²) >= 11 is 0. The third-order valence-electron chi connectivity index (χ3n) is 4.87. The predicted molar refractivity (Wildman–Crippen MR) is 95.5 cm³/mol. The van der Waals surface area contributed by atoms with Crippen LogP contribution in [-0.4, -0.2) is 37.0 Å². The Morgan fingerprint density at radius 3 is 2.65 bits per heavy atom. The van der Waals surface area contributed by atoms with Gasteiger partial charge in [0.2, 0.25) is 5.91 Å². The number of nitrogens with one attached hydrogen (secondary N) is 1. The second-order valence-electron chi connectivity index (χ2n) is 6.45. The number of benzene rings is 2. The number of carbonyl (C=O) groups excluding carboxylic acids is 1. The van der Waals surface area contributed by atoms with E-state index < -0.39 is 0 Å². The third-order valence-corrected chi connectivity index (χ3v) is 4.87. The summed E-state index contributed by atoms with van der Waals surface area (Å²) in [5.41, 5.74) is 1.14. The zero-order valence-corrected chi connectivity index (χ0v) is 13.9. The summed E-state index contributed by atoms with van der Waals surface area (Å²) in [7, 11) is 0. The van der Waals surface area contributed by atoms with E-state index in [1.54, 1.807) is 0 Å². The van der Waals surface area contributed by atoms with Crippen LogP contribution in [0.4, 0.5) is 0 Å². The fourth-order valence-corrected chi connectivity index (χ4v) is 3.46. The van der Waals surface area contributed by atoms with Gasteiger partial charge in [0.15, 0.2) is 0 Å². The zero-order chi connectivity index (χ0) is 16.1. The maximum atomic E-state index is 12.6. The van der Waals surface area contributed by atoms with E-state index in [1.807, 2.05) is 23.1 Å². The number of nitrogens with zero attached hydrogens (tertiary/aromatic N) is 1. The standard InChI is InChI=1S/C20H26N2O/c1-2-21-15-16-10-12-22(13-11-16)20(23)14-18-8-5-7-17-6-3-4-9-19(17)18/h3-9,16,21H,2,10-15H2,1H3. The molecule has 23 heavy (non-hydrogen) atoms. The fourth-order valence-electron chi connectivity index (χ4n) is 3.46. The molecule has 1 fully saturated rings. The van der Waals surface area contributed by atoms with E-state index in [0.29, 0.717) is 6.42 Å². The van der Waals surface area contributed by atoms with Gasteiger partial charge in [-0.25, -0.2) is 0 Å². The second-order valence-corrected chi connectivity index (χ2v) is 6.45. The second kappa shape index (κ2) is 7.60. The molecule has 3 nitrogen and oxygen atoms in total. The molecule has 1 aliphatic heterocycles. The van der Waals surface area contributed by atoms with E-state index in [9.17, 15) is 4.79 Å². The quantitative estimate of drug-likeness (QED) is 0.919. The molecule has 0 unspecified atom stereocenters. The Bertz CT molecular complexity index is 654. The minimum atomic E-state index is 0.267. The molecule has 0 atom stereocenters. The number of fused-ring (bicyclic) bond motifs is 1. The normalized spacial score (nSPS) is 16.0. The molecule has 0 saturated carbocycles. The first-order valence-electron chi connectivity index (χ1n) is 8.73. The summed E-state index contributed by atoms with van der Waals surface area (Å²) < 4.78 is 0. The first kappa shape index (κ1) is 16.0. The molecule has 1 saturated heterocycles. The van der Waals surface area contributed by atoms with Crippen molar-refractivity contribution in [2.75, 3.05) is 26.2 Å². The van der Waals surface area contributed by atoms with Crippen LogP contribution in [0.15, 0.2) is 42.5 Å². The molecule has 1 N–H and O–H groups in total. The Kier molecular flexibility index (Phi) is 5.29. The molecule has 3 heteroatoms. The summed E-state index contributed by atoms with van der Waals surface area (Å²) in [6.45, 7) is 6.06. The highest BCUT2D eigenvalue weighted by atomic mass is 16.2. The van der Waals surface area contributed by atoms with Crippen molar-refractivity contribution in [1.82, 2.24) is 10.2 Å². The van der Waals surface area contributed by atoms with Gasteiger partial charge in [0.25, 0.3) is 0 Å². The van der Waals surface area contributed by atoms with Crippen LogP contribution in [0, 0.1) is 5.92 Å². The van der Waals surface area contributed by atoms with Crippen LogP contribution < -0.4 is 5.32 Å². The predicted octanol–water partition coefficient (Wildman–Crippen LogP) is 3.23. The van der Waals surface area contributed by atoms with Crippen LogP contribution in [0.1, 0.15) is 25.3 Å². The van der Waals surface area contributed by atoms with Crippen LogP contribution in [0.5, 0.6) is 0 Å². The molecule has 0 radical (unpaired) electrons. The Balaban J connectivity index is 1.61. The van der Waals surface area contributed by atoms with Crippen LogP contribution in [-0.2, 0) is 11.2 Å². The Morgan fingerprint density at radius 2 is 1.87 bits per heavy atom. The van der Waals surface area contributed by atoms with Crippen molar-refractivity contribution in [3.8, 4) is 0 Å². The first-order valence-corrected chi connectivity index (χ1v) is 8.73. The number of rotatable bonds is 5. The zero-order valence-electron chi connectivity index (χ0n) is 13.9. The lowest BCUT2D eigenvalue weighted by molar-refractivity contribution is -0.131. The topological polar surface area (TPSA) is 32.3 Å². The van der Waals surface area contributed by atoms with E-state index in [4.69, 9.17) is 0 Å². The van der Waals surface area contributed by atoms with Crippen molar-refractivity contribution >= 4 is 16.7 Å². The molecular formula is C20H26N2O. The number of piperidine rings is 1. The van der Waals surface area contributed by atoms with Gasteiger partial charge >= 0.3 is 0 Å². The van der Waals surface area contributed by atoms with Crippen LogP contribution in [0.3, 0.4) is 0 Å². The highest BCUT2D eigenvalue weighted by Crippen LogP contribution is 2.21. The van der Waals surface area contributed by atoms with E-state index in [-0.39, 0.29) is 5.91 Å². The molecule has 2 aromatic carbocycles. The summed E-state index contributed by atoms with van der Waals surface area (Å²) in [6, 6.07) is 14.5. The lowest BCUT2D eigenvalue weighted by Crippen LogP contribution is -2.41. The van der Waals surface area contributed by atoms with Gasteiger partial charge in [-0.05, 0) is 48.2 Å². The first-order chi connectivity index (χ1) is 11.3. The molecule has 2 aromatic rings. The van der Waals surface area contributed by atoms with Crippen molar-refractivity contribution in [1.29, 1.82) is 0 Å². The molecule has 1 aliphatic rings. The van der Waals surface area contributed by atoms with Gasteiger partial charge < -0.3 is 10.2 Å². The average Bonchev–Trinajstić information content (AvgIpc) is 2.60. The smallest absolute Gasteiger partial charge is 0.227 e. The van der Waals surface area contributed by atoms with Gasteiger partial charge in [-0.1, -0.05) is 49.4 Å². The summed E-state index contributed by atoms with van der Waals surface area (Å²) in [5, 5.41) is 5.83. The third kappa shape index (κ3) is 3.91. The average molecular weight is 310 g/mol. The Hall–Kier alpha value is -1.87. The van der Waals surface area contributed by atoms with Crippen LogP contribution in [0.25, 0.3) is 10.8 Å². The Morgan fingerprint density at radius 1 is 1.13 bits per heavy atom. The molecule has 1 amide bonds. The van der Waals surface area contributed by atoms with Crippen molar-refractivity contribution in [3.05, 3.63) is 48.0 Å². The van der Waals surface area contributed by atoms with Crippen molar-refractivity contribution < 1.29 is 4.79 Å². The highest BCUT2D eigenvalue weighted by molar-refractivity contribution is 5.90. The minimum Gasteiger partial charge on any atom is -0.342 e. The van der Waals surface area contributed by atoms with Gasteiger partial charge in [0.1, 0.15) is 0 Å². The molecule has 0 spiro atoms. The lowest BCUT2D eigenvalue weighted by Gasteiger charge is -2.32. The number of hydrogen-bond donors (Lipinski definition) is 1. The van der Waals surface area contributed by atoms with Gasteiger partial charge in [-0.15, -0.1) is 0 Å². The maximum Gasteiger partial charge on any atom is 0.227 e. The Labute approximate surface area is 138 Å². The molecule has 3 rings (SSSR count). The summed E-state index contributed by atoms with van der Waals surface area (Å²) in [6.07, 6.45) is 2.75. The molecule has 0 bridgehead atoms. The molecule has 122 valence electrons. The van der Waals surface area contributed by atoms with Crippen molar-refractivity contribution in [2.45, 2.75) is 26.2 Å². The molecular weight excluding hydrogens is 284 g/mol. The van der Waals surface area contributed by atoms with E-state index in [2.05, 4.69) is 36.5 Å². The monoisotopic (exact) mass is 310 g/mol. The minimum absolute atomic E-state index is 0.267. The number of likely N-dealkylation sites (tertiary alicyclic amines) is 1. The van der Waals surface area contributed by atoms with E-state index in [1.165, 1.54) is 10.8 Å². The molecule has 0 aliphatic carbocycles. The van der Waals surface area contributed by atoms with Gasteiger partial charge in [-0.3, -0.25) is 4.79 Å². The largest absolute Gasteiger partial charge is 0.342 e. The van der Waals surface area contributed by atoms with E-state index in [0.717, 1.165) is 50.5 Å². The van der Waals surface area contributed by atoms with Gasteiger partial charge in [0.05, 0.1) is 6.42 Å². The summed E-state index contributed by atoms with van der Waals surface area (Å²) in [5.74, 6) is 0.986.